The Hall–Kier alpha value is -2.88. The van der Waals surface area contributed by atoms with Gasteiger partial charge in [0.1, 0.15) is 0 Å². The molecule has 4 heteroatoms. The summed E-state index contributed by atoms with van der Waals surface area (Å²) in [5.41, 5.74) is 3.20. The molecule has 0 aliphatic heterocycles. The van der Waals surface area contributed by atoms with Gasteiger partial charge < -0.3 is 9.30 Å². The van der Waals surface area contributed by atoms with E-state index in [1.54, 1.807) is 6.07 Å². The fourth-order valence-corrected chi connectivity index (χ4v) is 2.77. The van der Waals surface area contributed by atoms with E-state index >= 15 is 0 Å². The number of esters is 1. The van der Waals surface area contributed by atoms with Crippen LogP contribution in [0.2, 0.25) is 0 Å². The number of ether oxygens (including phenoxy) is 1. The van der Waals surface area contributed by atoms with Crippen LogP contribution in [-0.4, -0.2) is 23.4 Å². The lowest BCUT2D eigenvalue weighted by atomic mass is 10.1. The molecule has 0 radical (unpaired) electrons. The molecule has 0 N–H and O–H groups in total. The SMILES string of the molecule is CCCOC(=O)c1cccc(Cn2cc(C=O)c3ccccc32)c1. The molecule has 1 heterocycles. The summed E-state index contributed by atoms with van der Waals surface area (Å²) in [4.78, 5) is 23.3. The third-order valence-corrected chi connectivity index (χ3v) is 3.90. The topological polar surface area (TPSA) is 48.3 Å². The molecule has 24 heavy (non-hydrogen) atoms. The molecule has 0 saturated heterocycles. The molecule has 2 aromatic carbocycles. The van der Waals surface area contributed by atoms with Crippen molar-refractivity contribution in [3.8, 4) is 0 Å². The zero-order valence-corrected chi connectivity index (χ0v) is 13.6. The second-order valence-corrected chi connectivity index (χ2v) is 5.68. The van der Waals surface area contributed by atoms with Gasteiger partial charge in [0.15, 0.2) is 6.29 Å². The Morgan fingerprint density at radius 1 is 1.17 bits per heavy atom. The Bertz CT molecular complexity index is 879. The van der Waals surface area contributed by atoms with E-state index in [-0.39, 0.29) is 5.97 Å². The van der Waals surface area contributed by atoms with Crippen molar-refractivity contribution in [2.45, 2.75) is 19.9 Å². The van der Waals surface area contributed by atoms with Gasteiger partial charge in [-0.1, -0.05) is 37.3 Å². The highest BCUT2D eigenvalue weighted by Crippen LogP contribution is 2.21. The lowest BCUT2D eigenvalue weighted by Gasteiger charge is -2.08. The van der Waals surface area contributed by atoms with Gasteiger partial charge in [-0.15, -0.1) is 0 Å². The van der Waals surface area contributed by atoms with Crippen molar-refractivity contribution in [3.05, 3.63) is 71.4 Å². The first-order valence-electron chi connectivity index (χ1n) is 8.02. The Balaban J connectivity index is 1.89. The quantitative estimate of drug-likeness (QED) is 0.508. The number of fused-ring (bicyclic) bond motifs is 1. The summed E-state index contributed by atoms with van der Waals surface area (Å²) < 4.78 is 7.21. The maximum Gasteiger partial charge on any atom is 0.338 e. The van der Waals surface area contributed by atoms with E-state index in [0.29, 0.717) is 24.3 Å². The van der Waals surface area contributed by atoms with Crippen molar-refractivity contribution in [1.82, 2.24) is 4.57 Å². The molecule has 0 bridgehead atoms. The van der Waals surface area contributed by atoms with Crippen LogP contribution in [0.1, 0.15) is 39.6 Å². The third-order valence-electron chi connectivity index (χ3n) is 3.90. The number of aldehydes is 1. The van der Waals surface area contributed by atoms with Crippen molar-refractivity contribution < 1.29 is 14.3 Å². The van der Waals surface area contributed by atoms with Gasteiger partial charge >= 0.3 is 5.97 Å². The van der Waals surface area contributed by atoms with Crippen LogP contribution in [0.15, 0.2) is 54.7 Å². The minimum Gasteiger partial charge on any atom is -0.462 e. The molecule has 0 amide bonds. The Morgan fingerprint density at radius 2 is 2.00 bits per heavy atom. The molecule has 0 unspecified atom stereocenters. The summed E-state index contributed by atoms with van der Waals surface area (Å²) in [5.74, 6) is -0.301. The summed E-state index contributed by atoms with van der Waals surface area (Å²) in [5, 5.41) is 0.936. The molecule has 0 fully saturated rings. The van der Waals surface area contributed by atoms with Crippen LogP contribution in [0, 0.1) is 0 Å². The van der Waals surface area contributed by atoms with Crippen LogP contribution in [0.25, 0.3) is 10.9 Å². The first-order chi connectivity index (χ1) is 11.7. The van der Waals surface area contributed by atoms with E-state index in [4.69, 9.17) is 4.74 Å². The minimum absolute atomic E-state index is 0.301. The summed E-state index contributed by atoms with van der Waals surface area (Å²) in [6, 6.07) is 15.2. The molecule has 4 nitrogen and oxygen atoms in total. The molecule has 0 aliphatic rings. The van der Waals surface area contributed by atoms with Gasteiger partial charge in [0.05, 0.1) is 12.2 Å². The number of nitrogens with zero attached hydrogens (tertiary/aromatic N) is 1. The molecule has 0 spiro atoms. The molecular formula is C20H19NO3. The highest BCUT2D eigenvalue weighted by atomic mass is 16.5. The van der Waals surface area contributed by atoms with E-state index in [0.717, 1.165) is 29.2 Å². The number of para-hydroxylation sites is 1. The molecule has 0 aliphatic carbocycles. The van der Waals surface area contributed by atoms with E-state index in [9.17, 15) is 9.59 Å². The van der Waals surface area contributed by atoms with Crippen LogP contribution >= 0.6 is 0 Å². The van der Waals surface area contributed by atoms with Crippen molar-refractivity contribution in [2.75, 3.05) is 6.61 Å². The Labute approximate surface area is 140 Å². The van der Waals surface area contributed by atoms with E-state index in [2.05, 4.69) is 0 Å². The largest absolute Gasteiger partial charge is 0.462 e. The second-order valence-electron chi connectivity index (χ2n) is 5.68. The monoisotopic (exact) mass is 321 g/mol. The first-order valence-corrected chi connectivity index (χ1v) is 8.02. The minimum atomic E-state index is -0.301. The summed E-state index contributed by atoms with van der Waals surface area (Å²) in [7, 11) is 0. The van der Waals surface area contributed by atoms with E-state index in [1.165, 1.54) is 0 Å². The van der Waals surface area contributed by atoms with Crippen LogP contribution in [0.4, 0.5) is 0 Å². The number of hydrogen-bond donors (Lipinski definition) is 0. The predicted octanol–water partition coefficient (Wildman–Crippen LogP) is 4.07. The van der Waals surface area contributed by atoms with E-state index in [1.807, 2.05) is 60.2 Å². The fourth-order valence-electron chi connectivity index (χ4n) is 2.77. The van der Waals surface area contributed by atoms with E-state index < -0.39 is 0 Å². The average molecular weight is 321 g/mol. The fraction of sp³-hybridized carbons (Fsp3) is 0.200. The highest BCUT2D eigenvalue weighted by Gasteiger charge is 2.10. The maximum atomic E-state index is 12.0. The number of aromatic nitrogens is 1. The Kier molecular flexibility index (Phi) is 4.75. The predicted molar refractivity (Wildman–Crippen MR) is 93.4 cm³/mol. The molecule has 0 atom stereocenters. The highest BCUT2D eigenvalue weighted by molar-refractivity contribution is 5.97. The van der Waals surface area contributed by atoms with Crippen molar-refractivity contribution in [3.63, 3.8) is 0 Å². The molecule has 1 aromatic heterocycles. The number of carbonyl (C=O) groups is 2. The molecule has 3 aromatic rings. The Morgan fingerprint density at radius 3 is 2.79 bits per heavy atom. The van der Waals surface area contributed by atoms with Crippen molar-refractivity contribution in [1.29, 1.82) is 0 Å². The zero-order chi connectivity index (χ0) is 16.9. The molecule has 3 rings (SSSR count). The zero-order valence-electron chi connectivity index (χ0n) is 13.6. The molecular weight excluding hydrogens is 302 g/mol. The smallest absolute Gasteiger partial charge is 0.338 e. The average Bonchev–Trinajstić information content (AvgIpc) is 2.98. The van der Waals surface area contributed by atoms with Gasteiger partial charge in [0.25, 0.3) is 0 Å². The summed E-state index contributed by atoms with van der Waals surface area (Å²) in [6.07, 6.45) is 3.52. The summed E-state index contributed by atoms with van der Waals surface area (Å²) in [6.45, 7) is 2.97. The number of rotatable bonds is 6. The van der Waals surface area contributed by atoms with Gasteiger partial charge in [-0.2, -0.15) is 0 Å². The lowest BCUT2D eigenvalue weighted by Crippen LogP contribution is -2.07. The van der Waals surface area contributed by atoms with Gasteiger partial charge in [0.2, 0.25) is 0 Å². The van der Waals surface area contributed by atoms with Gasteiger partial charge in [-0.3, -0.25) is 4.79 Å². The lowest BCUT2D eigenvalue weighted by molar-refractivity contribution is 0.0505. The number of carbonyl (C=O) groups excluding carboxylic acids is 2. The number of benzene rings is 2. The van der Waals surface area contributed by atoms with Gasteiger partial charge in [-0.05, 0) is 30.2 Å². The van der Waals surface area contributed by atoms with Crippen LogP contribution in [0.3, 0.4) is 0 Å². The van der Waals surface area contributed by atoms with Crippen LogP contribution < -0.4 is 0 Å². The maximum absolute atomic E-state index is 12.0. The first kappa shape index (κ1) is 16.0. The third kappa shape index (κ3) is 3.23. The van der Waals surface area contributed by atoms with Gasteiger partial charge in [0, 0.05) is 29.2 Å². The normalized spacial score (nSPS) is 10.7. The number of hydrogen-bond acceptors (Lipinski definition) is 3. The molecule has 122 valence electrons. The van der Waals surface area contributed by atoms with Crippen molar-refractivity contribution >= 4 is 23.2 Å². The van der Waals surface area contributed by atoms with Crippen LogP contribution in [0.5, 0.6) is 0 Å². The summed E-state index contributed by atoms with van der Waals surface area (Å²) >= 11 is 0. The van der Waals surface area contributed by atoms with Crippen LogP contribution in [-0.2, 0) is 11.3 Å². The standard InChI is InChI=1S/C20H19NO3/c1-2-10-24-20(23)16-7-5-6-15(11-16)12-21-13-17(14-22)18-8-3-4-9-19(18)21/h3-9,11,13-14H,2,10,12H2,1H3. The molecule has 0 saturated carbocycles. The second kappa shape index (κ2) is 7.13. The van der Waals surface area contributed by atoms with Crippen molar-refractivity contribution in [2.24, 2.45) is 0 Å². The van der Waals surface area contributed by atoms with Gasteiger partial charge in [-0.25, -0.2) is 4.79 Å².